The van der Waals surface area contributed by atoms with Gasteiger partial charge in [-0.3, -0.25) is 4.79 Å². The van der Waals surface area contributed by atoms with Crippen LogP contribution in [-0.2, 0) is 0 Å². The molecule has 0 fully saturated rings. The van der Waals surface area contributed by atoms with Crippen LogP contribution in [0.1, 0.15) is 21.7 Å². The Morgan fingerprint density at radius 1 is 1.33 bits per heavy atom. The summed E-state index contributed by atoms with van der Waals surface area (Å²) in [6.45, 7) is 1.64. The van der Waals surface area contributed by atoms with Gasteiger partial charge in [-0.1, -0.05) is 0 Å². The van der Waals surface area contributed by atoms with Gasteiger partial charge in [0, 0.05) is 22.6 Å². The van der Waals surface area contributed by atoms with Crippen LogP contribution in [0.4, 0.5) is 0 Å². The van der Waals surface area contributed by atoms with Gasteiger partial charge in [0.15, 0.2) is 5.78 Å². The fourth-order valence-corrected chi connectivity index (χ4v) is 1.93. The van der Waals surface area contributed by atoms with Gasteiger partial charge >= 0.3 is 5.63 Å². The van der Waals surface area contributed by atoms with Crippen molar-refractivity contribution in [2.24, 2.45) is 0 Å². The minimum absolute atomic E-state index is 0.146. The summed E-state index contributed by atoms with van der Waals surface area (Å²) in [5.41, 5.74) is 0.487. The summed E-state index contributed by atoms with van der Waals surface area (Å²) in [7, 11) is 0. The molecule has 0 aliphatic rings. The first-order valence-corrected chi connectivity index (χ1v) is 5.30. The standard InChI is InChI=1S/C11H8O3S/c1-7-4-9(5-10(12)14-7)11(13)8-2-3-15-6-8/h2-6H,1H3. The Bertz CT molecular complexity index is 537. The summed E-state index contributed by atoms with van der Waals surface area (Å²) in [6, 6.07) is 4.52. The van der Waals surface area contributed by atoms with Gasteiger partial charge in [0.2, 0.25) is 0 Å². The van der Waals surface area contributed by atoms with Crippen molar-refractivity contribution in [1.82, 2.24) is 0 Å². The molecule has 3 nitrogen and oxygen atoms in total. The summed E-state index contributed by atoms with van der Waals surface area (Å²) < 4.78 is 4.78. The van der Waals surface area contributed by atoms with Crippen molar-refractivity contribution in [3.63, 3.8) is 0 Å². The van der Waals surface area contributed by atoms with Crippen LogP contribution >= 0.6 is 11.3 Å². The molecule has 0 amide bonds. The fourth-order valence-electron chi connectivity index (χ4n) is 1.30. The molecule has 0 aliphatic carbocycles. The highest BCUT2D eigenvalue weighted by atomic mass is 32.1. The maximum absolute atomic E-state index is 11.8. The zero-order chi connectivity index (χ0) is 10.8. The van der Waals surface area contributed by atoms with Gasteiger partial charge in [0.1, 0.15) is 5.76 Å². The SMILES string of the molecule is Cc1cc(C(=O)c2ccsc2)cc(=O)o1. The van der Waals surface area contributed by atoms with E-state index in [1.165, 1.54) is 17.4 Å². The highest BCUT2D eigenvalue weighted by Gasteiger charge is 2.10. The van der Waals surface area contributed by atoms with E-state index in [2.05, 4.69) is 0 Å². The zero-order valence-electron chi connectivity index (χ0n) is 8.02. The van der Waals surface area contributed by atoms with Gasteiger partial charge < -0.3 is 4.42 Å². The van der Waals surface area contributed by atoms with Crippen LogP contribution in [0.25, 0.3) is 0 Å². The van der Waals surface area contributed by atoms with Crippen LogP contribution in [0.2, 0.25) is 0 Å². The van der Waals surface area contributed by atoms with E-state index < -0.39 is 5.63 Å². The first-order valence-electron chi connectivity index (χ1n) is 4.35. The van der Waals surface area contributed by atoms with Crippen molar-refractivity contribution in [3.05, 3.63) is 56.3 Å². The van der Waals surface area contributed by atoms with Crippen LogP contribution in [0.15, 0.2) is 38.2 Å². The van der Waals surface area contributed by atoms with E-state index in [9.17, 15) is 9.59 Å². The monoisotopic (exact) mass is 220 g/mol. The van der Waals surface area contributed by atoms with E-state index in [0.29, 0.717) is 16.9 Å². The molecule has 4 heteroatoms. The maximum Gasteiger partial charge on any atom is 0.336 e. The molecule has 0 N–H and O–H groups in total. The van der Waals surface area contributed by atoms with E-state index in [1.54, 1.807) is 24.4 Å². The summed E-state index contributed by atoms with van der Waals surface area (Å²) in [5.74, 6) is 0.299. The minimum Gasteiger partial charge on any atom is -0.428 e. The second-order valence-electron chi connectivity index (χ2n) is 3.12. The van der Waals surface area contributed by atoms with Crippen molar-refractivity contribution < 1.29 is 9.21 Å². The molecule has 0 atom stereocenters. The molecule has 15 heavy (non-hydrogen) atoms. The molecule has 2 rings (SSSR count). The third kappa shape index (κ3) is 2.05. The molecule has 0 saturated heterocycles. The maximum atomic E-state index is 11.8. The minimum atomic E-state index is -0.492. The smallest absolute Gasteiger partial charge is 0.336 e. The Balaban J connectivity index is 2.47. The predicted molar refractivity (Wildman–Crippen MR) is 57.5 cm³/mol. The molecule has 0 aromatic carbocycles. The zero-order valence-corrected chi connectivity index (χ0v) is 8.84. The van der Waals surface area contributed by atoms with E-state index in [0.717, 1.165) is 0 Å². The van der Waals surface area contributed by atoms with E-state index in [4.69, 9.17) is 4.42 Å². The summed E-state index contributed by atoms with van der Waals surface area (Å²) >= 11 is 1.45. The largest absolute Gasteiger partial charge is 0.428 e. The highest BCUT2D eigenvalue weighted by Crippen LogP contribution is 2.12. The Morgan fingerprint density at radius 2 is 2.13 bits per heavy atom. The second kappa shape index (κ2) is 3.82. The van der Waals surface area contributed by atoms with Gasteiger partial charge in [-0.2, -0.15) is 11.3 Å². The van der Waals surface area contributed by atoms with Crippen LogP contribution < -0.4 is 5.63 Å². The average Bonchev–Trinajstić information content (AvgIpc) is 2.67. The summed E-state index contributed by atoms with van der Waals surface area (Å²) in [5, 5.41) is 3.58. The van der Waals surface area contributed by atoms with Crippen LogP contribution in [0.5, 0.6) is 0 Å². The molecule has 2 aromatic rings. The molecule has 76 valence electrons. The molecule has 0 unspecified atom stereocenters. The summed E-state index contributed by atoms with van der Waals surface area (Å²) in [6.07, 6.45) is 0. The number of ketones is 1. The Kier molecular flexibility index (Phi) is 2.51. The molecule has 0 radical (unpaired) electrons. The van der Waals surface area contributed by atoms with E-state index in [1.807, 2.05) is 5.38 Å². The van der Waals surface area contributed by atoms with E-state index >= 15 is 0 Å². The molecule has 2 aromatic heterocycles. The number of carbonyl (C=O) groups is 1. The van der Waals surface area contributed by atoms with Gasteiger partial charge in [0.05, 0.1) is 0 Å². The number of carbonyl (C=O) groups excluding carboxylic acids is 1. The molecule has 0 bridgehead atoms. The third-order valence-electron chi connectivity index (χ3n) is 1.94. The third-order valence-corrected chi connectivity index (χ3v) is 2.62. The van der Waals surface area contributed by atoms with Crippen molar-refractivity contribution >= 4 is 17.1 Å². The normalized spacial score (nSPS) is 10.2. The topological polar surface area (TPSA) is 47.3 Å². The number of aryl methyl sites for hydroxylation is 1. The predicted octanol–water partition coefficient (Wildman–Crippen LogP) is 2.24. The average molecular weight is 220 g/mol. The quantitative estimate of drug-likeness (QED) is 0.729. The number of rotatable bonds is 2. The number of hydrogen-bond donors (Lipinski definition) is 0. The van der Waals surface area contributed by atoms with Crippen molar-refractivity contribution in [2.75, 3.05) is 0 Å². The van der Waals surface area contributed by atoms with Crippen LogP contribution in [-0.4, -0.2) is 5.78 Å². The van der Waals surface area contributed by atoms with Gasteiger partial charge in [0.25, 0.3) is 0 Å². The lowest BCUT2D eigenvalue weighted by atomic mass is 10.1. The second-order valence-corrected chi connectivity index (χ2v) is 3.90. The molecule has 0 saturated carbocycles. The molecule has 0 aliphatic heterocycles. The lowest BCUT2D eigenvalue weighted by molar-refractivity contribution is 0.103. The van der Waals surface area contributed by atoms with Gasteiger partial charge in [-0.05, 0) is 24.4 Å². The Labute approximate surface area is 90.0 Å². The fraction of sp³-hybridized carbons (Fsp3) is 0.0909. The first-order chi connectivity index (χ1) is 7.16. The first kappa shape index (κ1) is 9.86. The lowest BCUT2D eigenvalue weighted by Crippen LogP contribution is -2.06. The van der Waals surface area contributed by atoms with Crippen LogP contribution in [0.3, 0.4) is 0 Å². The number of hydrogen-bond acceptors (Lipinski definition) is 4. The van der Waals surface area contributed by atoms with Crippen molar-refractivity contribution in [3.8, 4) is 0 Å². The van der Waals surface area contributed by atoms with Crippen molar-refractivity contribution in [2.45, 2.75) is 6.92 Å². The van der Waals surface area contributed by atoms with E-state index in [-0.39, 0.29) is 5.78 Å². The van der Waals surface area contributed by atoms with Gasteiger partial charge in [-0.15, -0.1) is 0 Å². The Hall–Kier alpha value is -1.68. The number of thiophene rings is 1. The summed E-state index contributed by atoms with van der Waals surface area (Å²) in [4.78, 5) is 22.9. The molecule has 0 spiro atoms. The Morgan fingerprint density at radius 3 is 2.73 bits per heavy atom. The highest BCUT2D eigenvalue weighted by molar-refractivity contribution is 7.08. The van der Waals surface area contributed by atoms with Gasteiger partial charge in [-0.25, -0.2) is 4.79 Å². The van der Waals surface area contributed by atoms with Crippen molar-refractivity contribution in [1.29, 1.82) is 0 Å². The molecular formula is C11H8O3S. The molecule has 2 heterocycles. The van der Waals surface area contributed by atoms with Crippen LogP contribution in [0, 0.1) is 6.92 Å². The lowest BCUT2D eigenvalue weighted by Gasteiger charge is -1.98. The molecular weight excluding hydrogens is 212 g/mol.